The summed E-state index contributed by atoms with van der Waals surface area (Å²) in [6.45, 7) is 4.54. The van der Waals surface area contributed by atoms with Crippen molar-refractivity contribution in [1.82, 2.24) is 5.32 Å². The highest BCUT2D eigenvalue weighted by Gasteiger charge is 2.02. The van der Waals surface area contributed by atoms with Gasteiger partial charge < -0.3 is 15.4 Å². The van der Waals surface area contributed by atoms with Crippen LogP contribution in [-0.4, -0.2) is 11.2 Å². The lowest BCUT2D eigenvalue weighted by molar-refractivity contribution is 0.242. The van der Waals surface area contributed by atoms with Gasteiger partial charge in [-0.15, -0.1) is 0 Å². The molecule has 0 atom stereocenters. The molecule has 0 amide bonds. The molecule has 0 aliphatic carbocycles. The van der Waals surface area contributed by atoms with Crippen LogP contribution in [-0.2, 0) is 6.54 Å². The van der Waals surface area contributed by atoms with Crippen LogP contribution >= 0.6 is 12.2 Å². The second-order valence-corrected chi connectivity index (χ2v) is 5.54. The number of anilines is 1. The molecule has 0 radical (unpaired) electrons. The zero-order chi connectivity index (χ0) is 15.9. The van der Waals surface area contributed by atoms with Gasteiger partial charge in [-0.25, -0.2) is 4.39 Å². The summed E-state index contributed by atoms with van der Waals surface area (Å²) in [7, 11) is 0. The van der Waals surface area contributed by atoms with Crippen LogP contribution in [0, 0.1) is 5.82 Å². The maximum atomic E-state index is 13.1. The van der Waals surface area contributed by atoms with Crippen LogP contribution in [0.2, 0.25) is 0 Å². The number of thiocarbonyl (C=S) groups is 1. The lowest BCUT2D eigenvalue weighted by Gasteiger charge is -2.13. The Balaban J connectivity index is 1.88. The second-order valence-electron chi connectivity index (χ2n) is 5.13. The van der Waals surface area contributed by atoms with E-state index in [2.05, 4.69) is 10.6 Å². The summed E-state index contributed by atoms with van der Waals surface area (Å²) in [6, 6.07) is 14.0. The first-order chi connectivity index (χ1) is 10.5. The van der Waals surface area contributed by atoms with Crippen LogP contribution in [0.3, 0.4) is 0 Å². The van der Waals surface area contributed by atoms with E-state index in [-0.39, 0.29) is 11.9 Å². The molecule has 0 saturated carbocycles. The van der Waals surface area contributed by atoms with Crippen LogP contribution in [0.5, 0.6) is 5.75 Å². The minimum absolute atomic E-state index is 0.138. The normalized spacial score (nSPS) is 10.4. The monoisotopic (exact) mass is 318 g/mol. The Morgan fingerprint density at radius 2 is 1.95 bits per heavy atom. The summed E-state index contributed by atoms with van der Waals surface area (Å²) in [5.41, 5.74) is 1.68. The van der Waals surface area contributed by atoms with Crippen LogP contribution < -0.4 is 15.4 Å². The topological polar surface area (TPSA) is 33.3 Å². The van der Waals surface area contributed by atoms with Crippen molar-refractivity contribution >= 4 is 23.0 Å². The van der Waals surface area contributed by atoms with Crippen molar-refractivity contribution in [3.05, 3.63) is 59.9 Å². The van der Waals surface area contributed by atoms with Crippen LogP contribution in [0.1, 0.15) is 19.4 Å². The summed E-state index contributed by atoms with van der Waals surface area (Å²) in [4.78, 5) is 0. The molecular formula is C17H19FN2OS. The third-order valence-corrected chi connectivity index (χ3v) is 3.05. The molecule has 0 aliphatic rings. The van der Waals surface area contributed by atoms with Gasteiger partial charge in [0.25, 0.3) is 0 Å². The van der Waals surface area contributed by atoms with Crippen LogP contribution in [0.25, 0.3) is 0 Å². The Morgan fingerprint density at radius 1 is 1.18 bits per heavy atom. The number of hydrogen-bond acceptors (Lipinski definition) is 2. The lowest BCUT2D eigenvalue weighted by atomic mass is 10.2. The second kappa shape index (κ2) is 7.75. The average molecular weight is 318 g/mol. The molecule has 2 aromatic rings. The standard InChI is InChI=1S/C17H19FN2OS/c1-12(2)21-16-8-3-5-13(9-16)11-19-17(22)20-15-7-4-6-14(18)10-15/h3-10,12H,11H2,1-2H3,(H2,19,20,22). The molecule has 3 nitrogen and oxygen atoms in total. The molecule has 0 fully saturated rings. The third kappa shape index (κ3) is 5.33. The zero-order valence-electron chi connectivity index (χ0n) is 12.6. The lowest BCUT2D eigenvalue weighted by Crippen LogP contribution is -2.27. The summed E-state index contributed by atoms with van der Waals surface area (Å²) < 4.78 is 18.8. The fourth-order valence-electron chi connectivity index (χ4n) is 1.92. The Bertz CT molecular complexity index is 646. The van der Waals surface area contributed by atoms with Crippen molar-refractivity contribution in [2.24, 2.45) is 0 Å². The number of nitrogens with one attached hydrogen (secondary N) is 2. The highest BCUT2D eigenvalue weighted by Crippen LogP contribution is 2.15. The summed E-state index contributed by atoms with van der Waals surface area (Å²) in [6.07, 6.45) is 0.138. The Kier molecular flexibility index (Phi) is 5.72. The summed E-state index contributed by atoms with van der Waals surface area (Å²) in [5, 5.41) is 6.48. The maximum Gasteiger partial charge on any atom is 0.171 e. The summed E-state index contributed by atoms with van der Waals surface area (Å²) >= 11 is 5.21. The zero-order valence-corrected chi connectivity index (χ0v) is 13.4. The van der Waals surface area contributed by atoms with Crippen molar-refractivity contribution in [2.75, 3.05) is 5.32 Å². The number of ether oxygens (including phenoxy) is 1. The van der Waals surface area contributed by atoms with E-state index < -0.39 is 0 Å². The van der Waals surface area contributed by atoms with Gasteiger partial charge in [0.05, 0.1) is 6.10 Å². The molecule has 0 unspecified atom stereocenters. The van der Waals surface area contributed by atoms with E-state index in [1.54, 1.807) is 12.1 Å². The molecule has 0 spiro atoms. The molecule has 0 heterocycles. The fourth-order valence-corrected chi connectivity index (χ4v) is 2.11. The molecule has 0 aliphatic heterocycles. The first-order valence-electron chi connectivity index (χ1n) is 7.09. The molecule has 116 valence electrons. The van der Waals surface area contributed by atoms with E-state index in [1.807, 2.05) is 38.1 Å². The minimum Gasteiger partial charge on any atom is -0.491 e. The van der Waals surface area contributed by atoms with Gasteiger partial charge >= 0.3 is 0 Å². The van der Waals surface area contributed by atoms with Gasteiger partial charge in [0.15, 0.2) is 5.11 Å². The highest BCUT2D eigenvalue weighted by molar-refractivity contribution is 7.80. The SMILES string of the molecule is CC(C)Oc1cccc(CNC(=S)Nc2cccc(F)c2)c1. The van der Waals surface area contributed by atoms with E-state index >= 15 is 0 Å². The van der Waals surface area contributed by atoms with E-state index in [0.717, 1.165) is 11.3 Å². The molecule has 0 bridgehead atoms. The average Bonchev–Trinajstić information content (AvgIpc) is 2.45. The first-order valence-corrected chi connectivity index (χ1v) is 7.50. The van der Waals surface area contributed by atoms with E-state index in [0.29, 0.717) is 17.3 Å². The maximum absolute atomic E-state index is 13.1. The van der Waals surface area contributed by atoms with Crippen LogP contribution in [0.4, 0.5) is 10.1 Å². The van der Waals surface area contributed by atoms with Gasteiger partial charge in [-0.2, -0.15) is 0 Å². The van der Waals surface area contributed by atoms with Crippen molar-refractivity contribution in [2.45, 2.75) is 26.5 Å². The number of halogens is 1. The largest absolute Gasteiger partial charge is 0.491 e. The number of hydrogen-bond donors (Lipinski definition) is 2. The minimum atomic E-state index is -0.300. The Hall–Kier alpha value is -2.14. The quantitative estimate of drug-likeness (QED) is 0.813. The molecular weight excluding hydrogens is 299 g/mol. The molecule has 2 aromatic carbocycles. The molecule has 2 rings (SSSR count). The predicted molar refractivity (Wildman–Crippen MR) is 91.7 cm³/mol. The predicted octanol–water partition coefficient (Wildman–Crippen LogP) is 4.10. The van der Waals surface area contributed by atoms with Crippen molar-refractivity contribution < 1.29 is 9.13 Å². The van der Waals surface area contributed by atoms with Gasteiger partial charge in [-0.1, -0.05) is 18.2 Å². The van der Waals surface area contributed by atoms with E-state index in [9.17, 15) is 4.39 Å². The van der Waals surface area contributed by atoms with Gasteiger partial charge in [-0.05, 0) is 62.0 Å². The number of rotatable bonds is 5. The van der Waals surface area contributed by atoms with Crippen molar-refractivity contribution in [3.8, 4) is 5.75 Å². The Labute approximate surface area is 135 Å². The van der Waals surface area contributed by atoms with E-state index in [1.165, 1.54) is 12.1 Å². The number of benzene rings is 2. The van der Waals surface area contributed by atoms with Crippen molar-refractivity contribution in [3.63, 3.8) is 0 Å². The molecule has 5 heteroatoms. The van der Waals surface area contributed by atoms with Gasteiger partial charge in [-0.3, -0.25) is 0 Å². The molecule has 0 aromatic heterocycles. The summed E-state index contributed by atoms with van der Waals surface area (Å²) in [5.74, 6) is 0.532. The third-order valence-electron chi connectivity index (χ3n) is 2.81. The first kappa shape index (κ1) is 16.2. The Morgan fingerprint density at radius 3 is 2.68 bits per heavy atom. The molecule has 2 N–H and O–H groups in total. The van der Waals surface area contributed by atoms with Gasteiger partial charge in [0, 0.05) is 12.2 Å². The highest BCUT2D eigenvalue weighted by atomic mass is 32.1. The molecule has 22 heavy (non-hydrogen) atoms. The smallest absolute Gasteiger partial charge is 0.171 e. The fraction of sp³-hybridized carbons (Fsp3) is 0.235. The molecule has 0 saturated heterocycles. The van der Waals surface area contributed by atoms with Crippen LogP contribution in [0.15, 0.2) is 48.5 Å². The van der Waals surface area contributed by atoms with Gasteiger partial charge in [0.2, 0.25) is 0 Å². The van der Waals surface area contributed by atoms with E-state index in [4.69, 9.17) is 17.0 Å². The van der Waals surface area contributed by atoms with Gasteiger partial charge in [0.1, 0.15) is 11.6 Å². The van der Waals surface area contributed by atoms with Crippen molar-refractivity contribution in [1.29, 1.82) is 0 Å².